The highest BCUT2D eigenvalue weighted by Crippen LogP contribution is 2.21. The molecule has 0 aliphatic rings. The Morgan fingerprint density at radius 2 is 1.82 bits per heavy atom. The van der Waals surface area contributed by atoms with Crippen LogP contribution in [0.1, 0.15) is 55.0 Å². The highest BCUT2D eigenvalue weighted by Gasteiger charge is 2.13. The van der Waals surface area contributed by atoms with Crippen molar-refractivity contribution in [2.75, 3.05) is 0 Å². The monoisotopic (exact) mass is 504 g/mol. The molecule has 2 aromatic carbocycles. The Morgan fingerprint density at radius 1 is 1.06 bits per heavy atom. The minimum absolute atomic E-state index is 0.146. The Morgan fingerprint density at radius 3 is 2.52 bits per heavy atom. The van der Waals surface area contributed by atoms with E-state index >= 15 is 0 Å². The SMILES string of the molecule is CCCCc1nc2ccc(Br)cc2c(=O)n1N=Cc1cc(C)n(-c2ccc(CC)cc2)c1C. The van der Waals surface area contributed by atoms with Crippen molar-refractivity contribution in [3.05, 3.63) is 91.7 Å². The molecule has 6 heteroatoms. The minimum Gasteiger partial charge on any atom is -0.318 e. The number of aryl methyl sites for hydroxylation is 3. The summed E-state index contributed by atoms with van der Waals surface area (Å²) in [5.41, 5.74) is 6.19. The molecule has 0 aliphatic heterocycles. The van der Waals surface area contributed by atoms with Gasteiger partial charge < -0.3 is 4.57 Å². The maximum absolute atomic E-state index is 13.3. The van der Waals surface area contributed by atoms with Crippen LogP contribution in [-0.4, -0.2) is 20.4 Å². The van der Waals surface area contributed by atoms with Crippen LogP contribution in [0.4, 0.5) is 0 Å². The van der Waals surface area contributed by atoms with Crippen LogP contribution in [0.2, 0.25) is 0 Å². The Hall–Kier alpha value is -2.99. The number of rotatable bonds is 7. The molecule has 5 nitrogen and oxygen atoms in total. The molecule has 0 aliphatic carbocycles. The van der Waals surface area contributed by atoms with Crippen molar-refractivity contribution in [2.45, 2.75) is 53.4 Å². The van der Waals surface area contributed by atoms with Crippen LogP contribution in [0.25, 0.3) is 16.6 Å². The van der Waals surface area contributed by atoms with E-state index in [1.807, 2.05) is 18.2 Å². The van der Waals surface area contributed by atoms with Gasteiger partial charge in [0.1, 0.15) is 5.82 Å². The fourth-order valence-electron chi connectivity index (χ4n) is 4.13. The fourth-order valence-corrected chi connectivity index (χ4v) is 4.49. The van der Waals surface area contributed by atoms with Gasteiger partial charge in [-0.3, -0.25) is 4.79 Å². The van der Waals surface area contributed by atoms with Gasteiger partial charge in [0.05, 0.1) is 17.1 Å². The number of halogens is 1. The lowest BCUT2D eigenvalue weighted by molar-refractivity contribution is 0.675. The zero-order valence-electron chi connectivity index (χ0n) is 19.6. The van der Waals surface area contributed by atoms with E-state index in [4.69, 9.17) is 4.98 Å². The summed E-state index contributed by atoms with van der Waals surface area (Å²) in [6.45, 7) is 8.46. The van der Waals surface area contributed by atoms with Crippen molar-refractivity contribution in [1.82, 2.24) is 14.2 Å². The smallest absolute Gasteiger partial charge is 0.282 e. The van der Waals surface area contributed by atoms with Gasteiger partial charge in [0, 0.05) is 33.5 Å². The van der Waals surface area contributed by atoms with Crippen LogP contribution in [0.3, 0.4) is 0 Å². The summed E-state index contributed by atoms with van der Waals surface area (Å²) >= 11 is 3.46. The topological polar surface area (TPSA) is 52.2 Å². The molecule has 0 saturated heterocycles. The highest BCUT2D eigenvalue weighted by atomic mass is 79.9. The molecule has 4 rings (SSSR count). The summed E-state index contributed by atoms with van der Waals surface area (Å²) < 4.78 is 4.53. The lowest BCUT2D eigenvalue weighted by atomic mass is 10.1. The van der Waals surface area contributed by atoms with Crippen molar-refractivity contribution in [3.63, 3.8) is 0 Å². The summed E-state index contributed by atoms with van der Waals surface area (Å²) in [4.78, 5) is 18.1. The van der Waals surface area contributed by atoms with Crippen molar-refractivity contribution in [3.8, 4) is 5.69 Å². The van der Waals surface area contributed by atoms with E-state index in [9.17, 15) is 4.79 Å². The average molecular weight is 505 g/mol. The van der Waals surface area contributed by atoms with Crippen molar-refractivity contribution in [1.29, 1.82) is 0 Å². The minimum atomic E-state index is -0.146. The average Bonchev–Trinajstić information content (AvgIpc) is 3.10. The zero-order valence-corrected chi connectivity index (χ0v) is 21.2. The number of aromatic nitrogens is 3. The summed E-state index contributed by atoms with van der Waals surface area (Å²) in [7, 11) is 0. The lowest BCUT2D eigenvalue weighted by Gasteiger charge is -2.10. The van der Waals surface area contributed by atoms with E-state index < -0.39 is 0 Å². The molecular formula is C27H29BrN4O. The Labute approximate surface area is 202 Å². The predicted molar refractivity (Wildman–Crippen MR) is 140 cm³/mol. The van der Waals surface area contributed by atoms with E-state index in [1.54, 1.807) is 6.21 Å². The summed E-state index contributed by atoms with van der Waals surface area (Å²) in [5, 5.41) is 5.19. The first-order chi connectivity index (χ1) is 15.9. The molecule has 170 valence electrons. The van der Waals surface area contributed by atoms with Gasteiger partial charge in [0.15, 0.2) is 0 Å². The quantitative estimate of drug-likeness (QED) is 0.275. The molecule has 0 fully saturated rings. The molecule has 0 amide bonds. The highest BCUT2D eigenvalue weighted by molar-refractivity contribution is 9.10. The number of nitrogens with zero attached hydrogens (tertiary/aromatic N) is 4. The molecule has 0 atom stereocenters. The van der Waals surface area contributed by atoms with Crippen molar-refractivity contribution in [2.24, 2.45) is 5.10 Å². The van der Waals surface area contributed by atoms with Crippen LogP contribution in [0.15, 0.2) is 62.9 Å². The maximum atomic E-state index is 13.3. The molecule has 0 unspecified atom stereocenters. The van der Waals surface area contributed by atoms with Gasteiger partial charge in [-0.2, -0.15) is 9.78 Å². The van der Waals surface area contributed by atoms with Crippen molar-refractivity contribution >= 4 is 33.0 Å². The third kappa shape index (κ3) is 4.71. The number of hydrogen-bond acceptors (Lipinski definition) is 3. The van der Waals surface area contributed by atoms with Gasteiger partial charge >= 0.3 is 0 Å². The molecule has 4 aromatic rings. The third-order valence-electron chi connectivity index (χ3n) is 6.01. The van der Waals surface area contributed by atoms with Gasteiger partial charge in [-0.1, -0.05) is 48.3 Å². The summed E-state index contributed by atoms with van der Waals surface area (Å²) in [6, 6.07) is 16.3. The standard InChI is InChI=1S/C27H29BrN4O/c1-5-7-8-26-30-25-14-11-22(28)16-24(25)27(33)32(26)29-17-21-15-18(3)31(19(21)4)23-12-9-20(6-2)10-13-23/h9-17H,5-8H2,1-4H3. The largest absolute Gasteiger partial charge is 0.318 e. The Balaban J connectivity index is 1.78. The first-order valence-corrected chi connectivity index (χ1v) is 12.3. The van der Waals surface area contributed by atoms with Gasteiger partial charge in [-0.05, 0) is 68.7 Å². The Kier molecular flexibility index (Phi) is 6.94. The molecule has 2 heterocycles. The van der Waals surface area contributed by atoms with Gasteiger partial charge in [-0.15, -0.1) is 0 Å². The van der Waals surface area contributed by atoms with Crippen LogP contribution < -0.4 is 5.56 Å². The normalized spacial score (nSPS) is 11.7. The third-order valence-corrected chi connectivity index (χ3v) is 6.51. The predicted octanol–water partition coefficient (Wildman–Crippen LogP) is 6.35. The van der Waals surface area contributed by atoms with E-state index in [2.05, 4.69) is 83.6 Å². The van der Waals surface area contributed by atoms with Crippen LogP contribution in [-0.2, 0) is 12.8 Å². The number of hydrogen-bond donors (Lipinski definition) is 0. The van der Waals surface area contributed by atoms with E-state index in [0.717, 1.165) is 46.4 Å². The van der Waals surface area contributed by atoms with E-state index in [1.165, 1.54) is 10.2 Å². The second-order valence-electron chi connectivity index (χ2n) is 8.34. The number of fused-ring (bicyclic) bond motifs is 1. The maximum Gasteiger partial charge on any atom is 0.282 e. The van der Waals surface area contributed by atoms with Gasteiger partial charge in [0.25, 0.3) is 5.56 Å². The molecule has 0 spiro atoms. The molecule has 0 radical (unpaired) electrons. The van der Waals surface area contributed by atoms with Crippen molar-refractivity contribution < 1.29 is 0 Å². The first kappa shape index (κ1) is 23.2. The second kappa shape index (κ2) is 9.87. The lowest BCUT2D eigenvalue weighted by Crippen LogP contribution is -2.22. The molecule has 33 heavy (non-hydrogen) atoms. The van der Waals surface area contributed by atoms with Crippen LogP contribution >= 0.6 is 15.9 Å². The second-order valence-corrected chi connectivity index (χ2v) is 9.25. The summed E-state index contributed by atoms with van der Waals surface area (Å²) in [6.07, 6.45) is 5.48. The van der Waals surface area contributed by atoms with Gasteiger partial charge in [-0.25, -0.2) is 4.98 Å². The Bertz CT molecular complexity index is 1380. The van der Waals surface area contributed by atoms with E-state index in [0.29, 0.717) is 23.1 Å². The molecular weight excluding hydrogens is 476 g/mol. The molecule has 0 N–H and O–H groups in total. The number of benzene rings is 2. The fraction of sp³-hybridized carbons (Fsp3) is 0.296. The van der Waals surface area contributed by atoms with E-state index in [-0.39, 0.29) is 5.56 Å². The van der Waals surface area contributed by atoms with Gasteiger partial charge in [0.2, 0.25) is 0 Å². The van der Waals surface area contributed by atoms with Crippen LogP contribution in [0.5, 0.6) is 0 Å². The summed E-state index contributed by atoms with van der Waals surface area (Å²) in [5.74, 6) is 0.692. The molecule has 0 bridgehead atoms. The zero-order chi connectivity index (χ0) is 23.5. The first-order valence-electron chi connectivity index (χ1n) is 11.5. The molecule has 0 saturated carbocycles. The number of unbranched alkanes of at least 4 members (excludes halogenated alkanes) is 1. The van der Waals surface area contributed by atoms with Crippen LogP contribution in [0, 0.1) is 13.8 Å². The molecule has 2 aromatic heterocycles.